The van der Waals surface area contributed by atoms with Crippen molar-refractivity contribution in [1.82, 2.24) is 9.55 Å². The molecule has 0 radical (unpaired) electrons. The Morgan fingerprint density at radius 2 is 2.21 bits per heavy atom. The highest BCUT2D eigenvalue weighted by molar-refractivity contribution is 7.10. The van der Waals surface area contributed by atoms with E-state index in [0.717, 1.165) is 10.4 Å². The van der Waals surface area contributed by atoms with Crippen LogP contribution in [-0.2, 0) is 9.53 Å². The van der Waals surface area contributed by atoms with Gasteiger partial charge < -0.3 is 4.74 Å². The molecule has 1 aliphatic rings. The Morgan fingerprint density at radius 3 is 2.89 bits per heavy atom. The van der Waals surface area contributed by atoms with Gasteiger partial charge >= 0.3 is 5.97 Å². The van der Waals surface area contributed by atoms with Crippen LogP contribution < -0.4 is 14.9 Å². The van der Waals surface area contributed by atoms with Crippen LogP contribution >= 0.6 is 22.7 Å². The molecule has 0 spiro atoms. The Kier molecular flexibility index (Phi) is 5.06. The number of ether oxygens (including phenoxy) is 1. The van der Waals surface area contributed by atoms with Crippen LogP contribution in [0, 0.1) is 0 Å². The van der Waals surface area contributed by atoms with Gasteiger partial charge in [-0.2, -0.15) is 0 Å². The number of esters is 1. The average molecular weight is 412 g/mol. The molecule has 4 rings (SSSR count). The summed E-state index contributed by atoms with van der Waals surface area (Å²) >= 11 is 2.80. The number of hydrogen-bond acceptors (Lipinski definition) is 7. The minimum atomic E-state index is -0.536. The summed E-state index contributed by atoms with van der Waals surface area (Å²) < 4.78 is 7.40. The van der Waals surface area contributed by atoms with Crippen molar-refractivity contribution in [2.45, 2.75) is 19.9 Å². The molecule has 0 aromatic carbocycles. The normalized spacial score (nSPS) is 16.6. The summed E-state index contributed by atoms with van der Waals surface area (Å²) in [6.45, 7) is 3.81. The maximum absolute atomic E-state index is 13.2. The fourth-order valence-electron chi connectivity index (χ4n) is 3.12. The number of thiazole rings is 1. The molecule has 1 atom stereocenters. The summed E-state index contributed by atoms with van der Waals surface area (Å²) in [6.07, 6.45) is 5.18. The van der Waals surface area contributed by atoms with Crippen molar-refractivity contribution in [2.24, 2.45) is 4.99 Å². The molecule has 3 aromatic rings. The van der Waals surface area contributed by atoms with Gasteiger partial charge in [-0.1, -0.05) is 23.5 Å². The lowest BCUT2D eigenvalue weighted by molar-refractivity contribution is -0.139. The molecule has 28 heavy (non-hydrogen) atoms. The molecule has 0 N–H and O–H groups in total. The number of allylic oxidation sites excluding steroid dienone is 1. The number of carbonyl (C=O) groups excluding carboxylic acids is 1. The van der Waals surface area contributed by atoms with Gasteiger partial charge in [0.25, 0.3) is 5.56 Å². The number of nitrogens with zero attached hydrogens (tertiary/aromatic N) is 3. The topological polar surface area (TPSA) is 73.6 Å². The molecule has 0 fully saturated rings. The van der Waals surface area contributed by atoms with Crippen LogP contribution in [0.15, 0.2) is 63.1 Å². The molecule has 8 heteroatoms. The maximum Gasteiger partial charge on any atom is 0.338 e. The molecule has 0 aliphatic carbocycles. The van der Waals surface area contributed by atoms with E-state index >= 15 is 0 Å². The number of pyridine rings is 1. The summed E-state index contributed by atoms with van der Waals surface area (Å²) in [7, 11) is 0. The summed E-state index contributed by atoms with van der Waals surface area (Å²) in [6, 6.07) is 7.00. The van der Waals surface area contributed by atoms with E-state index in [1.54, 1.807) is 36.9 Å². The fraction of sp³-hybridized carbons (Fsp3) is 0.200. The van der Waals surface area contributed by atoms with E-state index in [0.29, 0.717) is 20.6 Å². The lowest BCUT2D eigenvalue weighted by atomic mass is 10.0. The van der Waals surface area contributed by atoms with Gasteiger partial charge in [0.05, 0.1) is 22.4 Å². The van der Waals surface area contributed by atoms with Gasteiger partial charge in [0.1, 0.15) is 6.04 Å². The van der Waals surface area contributed by atoms with Gasteiger partial charge in [-0.3, -0.25) is 14.3 Å². The van der Waals surface area contributed by atoms with Crippen LogP contribution in [0.5, 0.6) is 0 Å². The van der Waals surface area contributed by atoms with Gasteiger partial charge in [-0.05, 0) is 43.0 Å². The van der Waals surface area contributed by atoms with Gasteiger partial charge in [-0.25, -0.2) is 9.79 Å². The second-order valence-corrected chi connectivity index (χ2v) is 8.09. The molecule has 3 aromatic heterocycles. The Balaban J connectivity index is 1.95. The number of aromatic nitrogens is 2. The predicted molar refractivity (Wildman–Crippen MR) is 109 cm³/mol. The molecule has 142 valence electrons. The van der Waals surface area contributed by atoms with Gasteiger partial charge in [0.2, 0.25) is 0 Å². The minimum Gasteiger partial charge on any atom is -0.463 e. The third-order valence-electron chi connectivity index (χ3n) is 4.31. The lowest BCUT2D eigenvalue weighted by Gasteiger charge is -2.23. The molecule has 6 nitrogen and oxygen atoms in total. The van der Waals surface area contributed by atoms with Crippen LogP contribution in [0.25, 0.3) is 6.08 Å². The van der Waals surface area contributed by atoms with E-state index in [1.807, 2.05) is 29.6 Å². The van der Waals surface area contributed by atoms with Crippen molar-refractivity contribution < 1.29 is 9.53 Å². The van der Waals surface area contributed by atoms with Crippen molar-refractivity contribution in [3.05, 3.63) is 83.4 Å². The SMILES string of the molecule is CCOC(=O)C1=C(C)N=c2s/c(=C\c3cccnc3)c(=O)n2[C@H]1c1cccs1. The number of fused-ring (bicyclic) bond motifs is 1. The molecular weight excluding hydrogens is 394 g/mol. The Labute approximate surface area is 168 Å². The molecule has 0 saturated carbocycles. The molecule has 0 bridgehead atoms. The zero-order valence-electron chi connectivity index (χ0n) is 15.3. The van der Waals surface area contributed by atoms with E-state index in [9.17, 15) is 9.59 Å². The first-order valence-corrected chi connectivity index (χ1v) is 10.4. The Hall–Kier alpha value is -2.84. The van der Waals surface area contributed by atoms with Gasteiger partial charge in [0.15, 0.2) is 4.80 Å². The van der Waals surface area contributed by atoms with Crippen molar-refractivity contribution >= 4 is 34.7 Å². The molecule has 0 unspecified atom stereocenters. The van der Waals surface area contributed by atoms with E-state index in [-0.39, 0.29) is 12.2 Å². The molecule has 1 aliphatic heterocycles. The highest BCUT2D eigenvalue weighted by Crippen LogP contribution is 2.33. The molecule has 0 saturated heterocycles. The predicted octanol–water partition coefficient (Wildman–Crippen LogP) is 2.25. The second kappa shape index (κ2) is 7.65. The van der Waals surface area contributed by atoms with Crippen LogP contribution in [0.3, 0.4) is 0 Å². The minimum absolute atomic E-state index is 0.180. The largest absolute Gasteiger partial charge is 0.463 e. The highest BCUT2D eigenvalue weighted by Gasteiger charge is 2.33. The lowest BCUT2D eigenvalue weighted by Crippen LogP contribution is -2.39. The van der Waals surface area contributed by atoms with E-state index in [2.05, 4.69) is 9.98 Å². The smallest absolute Gasteiger partial charge is 0.338 e. The summed E-state index contributed by atoms with van der Waals surface area (Å²) in [5, 5.41) is 1.93. The second-order valence-electron chi connectivity index (χ2n) is 6.10. The zero-order valence-corrected chi connectivity index (χ0v) is 16.9. The number of rotatable bonds is 4. The van der Waals surface area contributed by atoms with Crippen LogP contribution in [0.4, 0.5) is 0 Å². The standard InChI is InChI=1S/C20H17N3O3S2/c1-3-26-19(25)16-12(2)22-20-23(17(16)14-7-5-9-27-14)18(24)15(28-20)10-13-6-4-8-21-11-13/h4-11,17H,3H2,1-2H3/b15-10-/t17-/m0/s1. The van der Waals surface area contributed by atoms with Crippen molar-refractivity contribution in [3.63, 3.8) is 0 Å². The highest BCUT2D eigenvalue weighted by atomic mass is 32.1. The average Bonchev–Trinajstić information content (AvgIpc) is 3.31. The first-order valence-electron chi connectivity index (χ1n) is 8.73. The number of hydrogen-bond donors (Lipinski definition) is 0. The zero-order chi connectivity index (χ0) is 19.7. The first-order chi connectivity index (χ1) is 13.6. The quantitative estimate of drug-likeness (QED) is 0.618. The summed E-state index contributed by atoms with van der Waals surface area (Å²) in [5.74, 6) is -0.441. The summed E-state index contributed by atoms with van der Waals surface area (Å²) in [5.41, 5.74) is 1.64. The number of thiophene rings is 1. The van der Waals surface area contributed by atoms with Crippen LogP contribution in [-0.4, -0.2) is 22.1 Å². The molecular formula is C20H17N3O3S2. The van der Waals surface area contributed by atoms with Crippen molar-refractivity contribution in [3.8, 4) is 0 Å². The van der Waals surface area contributed by atoms with Crippen molar-refractivity contribution in [1.29, 1.82) is 0 Å². The Bertz CT molecular complexity index is 1220. The van der Waals surface area contributed by atoms with E-state index < -0.39 is 12.0 Å². The van der Waals surface area contributed by atoms with Crippen LogP contribution in [0.2, 0.25) is 0 Å². The van der Waals surface area contributed by atoms with Gasteiger partial charge in [-0.15, -0.1) is 11.3 Å². The third-order valence-corrected chi connectivity index (χ3v) is 6.22. The Morgan fingerprint density at radius 1 is 1.36 bits per heavy atom. The van der Waals surface area contributed by atoms with E-state index in [4.69, 9.17) is 4.74 Å². The monoisotopic (exact) mass is 411 g/mol. The van der Waals surface area contributed by atoms with Gasteiger partial charge in [0, 0.05) is 17.3 Å². The number of carbonyl (C=O) groups is 1. The third kappa shape index (κ3) is 3.25. The summed E-state index contributed by atoms with van der Waals surface area (Å²) in [4.78, 5) is 36.0. The molecule has 0 amide bonds. The molecule has 4 heterocycles. The van der Waals surface area contributed by atoms with E-state index in [1.165, 1.54) is 22.7 Å². The first kappa shape index (κ1) is 18.5. The van der Waals surface area contributed by atoms with Crippen LogP contribution in [0.1, 0.15) is 30.3 Å². The fourth-order valence-corrected chi connectivity index (χ4v) is 4.99. The maximum atomic E-state index is 13.2. The van der Waals surface area contributed by atoms with Crippen molar-refractivity contribution in [2.75, 3.05) is 6.61 Å².